The highest BCUT2D eigenvalue weighted by Gasteiger charge is 2.15. The molecule has 1 nitrogen and oxygen atoms in total. The first-order valence-electron chi connectivity index (χ1n) is 6.84. The van der Waals surface area contributed by atoms with E-state index in [1.807, 2.05) is 0 Å². The largest absolute Gasteiger partial charge is 0.489 e. The first kappa shape index (κ1) is 14.8. The second kappa shape index (κ2) is 5.79. The molecule has 0 saturated heterocycles. The van der Waals surface area contributed by atoms with Crippen molar-refractivity contribution in [2.75, 3.05) is 0 Å². The molecule has 20 heavy (non-hydrogen) atoms. The van der Waals surface area contributed by atoms with Gasteiger partial charge in [0.2, 0.25) is 0 Å². The van der Waals surface area contributed by atoms with Gasteiger partial charge in [-0.15, -0.1) is 0 Å². The van der Waals surface area contributed by atoms with E-state index in [-0.39, 0.29) is 5.82 Å². The summed E-state index contributed by atoms with van der Waals surface area (Å²) >= 11 is 0. The van der Waals surface area contributed by atoms with E-state index < -0.39 is 8.07 Å². The summed E-state index contributed by atoms with van der Waals surface area (Å²) in [4.78, 5) is 0. The van der Waals surface area contributed by atoms with Crippen molar-refractivity contribution >= 4 is 13.3 Å². The number of ether oxygens (including phenoxy) is 1. The summed E-state index contributed by atoms with van der Waals surface area (Å²) in [5.41, 5.74) is 1.74. The number of hydrogen-bond donors (Lipinski definition) is 0. The Hall–Kier alpha value is -1.61. The number of benzene rings is 2. The Balaban J connectivity index is 2.02. The van der Waals surface area contributed by atoms with Gasteiger partial charge in [0.15, 0.2) is 0 Å². The Kier molecular flexibility index (Phi) is 4.28. The molecule has 0 unspecified atom stereocenters. The Morgan fingerprint density at radius 2 is 1.65 bits per heavy atom. The van der Waals surface area contributed by atoms with E-state index >= 15 is 0 Å². The van der Waals surface area contributed by atoms with Crippen LogP contribution in [0.1, 0.15) is 11.1 Å². The molecule has 0 amide bonds. The average Bonchev–Trinajstić information content (AvgIpc) is 2.40. The van der Waals surface area contributed by atoms with Crippen LogP contribution in [-0.2, 0) is 6.61 Å². The lowest BCUT2D eigenvalue weighted by atomic mass is 10.2. The van der Waals surface area contributed by atoms with Crippen molar-refractivity contribution in [3.63, 3.8) is 0 Å². The minimum atomic E-state index is -1.25. The second-order valence-electron chi connectivity index (χ2n) is 6.15. The van der Waals surface area contributed by atoms with E-state index in [0.717, 1.165) is 5.56 Å². The first-order valence-corrected chi connectivity index (χ1v) is 10.3. The van der Waals surface area contributed by atoms with Gasteiger partial charge in [-0.2, -0.15) is 0 Å². The molecule has 0 aliphatic heterocycles. The fourth-order valence-electron chi connectivity index (χ4n) is 1.93. The normalized spacial score (nSPS) is 11.4. The van der Waals surface area contributed by atoms with Gasteiger partial charge in [-0.05, 0) is 24.1 Å². The van der Waals surface area contributed by atoms with Gasteiger partial charge >= 0.3 is 0 Å². The topological polar surface area (TPSA) is 9.23 Å². The lowest BCUT2D eigenvalue weighted by Gasteiger charge is -2.16. The molecule has 0 aliphatic rings. The molecule has 0 radical (unpaired) electrons. The molecule has 2 aromatic rings. The van der Waals surface area contributed by atoms with Crippen molar-refractivity contribution in [1.29, 1.82) is 0 Å². The summed E-state index contributed by atoms with van der Waals surface area (Å²) in [7, 11) is -1.25. The number of aryl methyl sites for hydroxylation is 1. The van der Waals surface area contributed by atoms with Crippen molar-refractivity contribution < 1.29 is 9.13 Å². The number of hydrogen-bond acceptors (Lipinski definition) is 1. The van der Waals surface area contributed by atoms with Crippen molar-refractivity contribution in [2.45, 2.75) is 33.2 Å². The minimum absolute atomic E-state index is 0.225. The third-order valence-electron chi connectivity index (χ3n) is 3.37. The maximum absolute atomic E-state index is 13.4. The molecule has 0 fully saturated rings. The summed E-state index contributed by atoms with van der Waals surface area (Å²) < 4.78 is 19.0. The summed E-state index contributed by atoms with van der Waals surface area (Å²) in [6.45, 7) is 9.19. The molecule has 2 rings (SSSR count). The van der Waals surface area contributed by atoms with Crippen molar-refractivity contribution in [3.05, 3.63) is 59.4 Å². The molecule has 0 saturated carbocycles. The average molecular weight is 288 g/mol. The number of rotatable bonds is 4. The molecular weight excluding hydrogens is 267 g/mol. The monoisotopic (exact) mass is 288 g/mol. The molecule has 3 heteroatoms. The minimum Gasteiger partial charge on any atom is -0.489 e. The van der Waals surface area contributed by atoms with Crippen LogP contribution >= 0.6 is 0 Å². The quantitative estimate of drug-likeness (QED) is 0.764. The van der Waals surface area contributed by atoms with Gasteiger partial charge in [-0.25, -0.2) is 4.39 Å². The van der Waals surface area contributed by atoms with E-state index in [1.165, 1.54) is 11.3 Å². The van der Waals surface area contributed by atoms with Crippen LogP contribution in [0.3, 0.4) is 0 Å². The Bertz CT molecular complexity index is 585. The molecule has 0 bridgehead atoms. The highest BCUT2D eigenvalue weighted by atomic mass is 28.3. The van der Waals surface area contributed by atoms with Gasteiger partial charge in [0.1, 0.15) is 18.2 Å². The highest BCUT2D eigenvalue weighted by molar-refractivity contribution is 6.88. The van der Waals surface area contributed by atoms with Gasteiger partial charge in [0.25, 0.3) is 0 Å². The van der Waals surface area contributed by atoms with E-state index in [9.17, 15) is 4.39 Å². The molecule has 2 aromatic carbocycles. The Labute approximate surface area is 121 Å². The smallest absolute Gasteiger partial charge is 0.129 e. The molecular formula is C17H21FOSi. The van der Waals surface area contributed by atoms with Crippen LogP contribution in [0.15, 0.2) is 42.5 Å². The van der Waals surface area contributed by atoms with Crippen molar-refractivity contribution in [3.8, 4) is 5.75 Å². The molecule has 106 valence electrons. The lowest BCUT2D eigenvalue weighted by molar-refractivity contribution is 0.304. The van der Waals surface area contributed by atoms with Gasteiger partial charge in [0, 0.05) is 6.07 Å². The lowest BCUT2D eigenvalue weighted by Crippen LogP contribution is -2.37. The Morgan fingerprint density at radius 1 is 1.00 bits per heavy atom. The maximum atomic E-state index is 13.4. The summed E-state index contributed by atoms with van der Waals surface area (Å²) in [6.07, 6.45) is 0. The van der Waals surface area contributed by atoms with Crippen LogP contribution in [0.5, 0.6) is 5.75 Å². The second-order valence-corrected chi connectivity index (χ2v) is 11.2. The zero-order valence-electron chi connectivity index (χ0n) is 12.5. The van der Waals surface area contributed by atoms with Crippen LogP contribution < -0.4 is 9.92 Å². The fraction of sp³-hybridized carbons (Fsp3) is 0.294. The molecule has 0 aromatic heterocycles. The van der Waals surface area contributed by atoms with Gasteiger partial charge < -0.3 is 4.74 Å². The van der Waals surface area contributed by atoms with E-state index in [2.05, 4.69) is 43.9 Å². The summed E-state index contributed by atoms with van der Waals surface area (Å²) in [5, 5.41) is 1.43. The summed E-state index contributed by atoms with van der Waals surface area (Å²) in [6, 6.07) is 13.5. The molecule has 0 spiro atoms. The predicted molar refractivity (Wildman–Crippen MR) is 84.9 cm³/mol. The SMILES string of the molecule is Cc1ccc(OCc2ccc([Si](C)(C)C)cc2)cc1F. The van der Waals surface area contributed by atoms with Gasteiger partial charge in [-0.3, -0.25) is 0 Å². The summed E-state index contributed by atoms with van der Waals surface area (Å²) in [5.74, 6) is 0.346. The van der Waals surface area contributed by atoms with Crippen LogP contribution in [-0.4, -0.2) is 8.07 Å². The highest BCUT2D eigenvalue weighted by Crippen LogP contribution is 2.17. The predicted octanol–water partition coefficient (Wildman–Crippen LogP) is 4.26. The molecule has 0 atom stereocenters. The van der Waals surface area contributed by atoms with E-state index in [0.29, 0.717) is 17.9 Å². The van der Waals surface area contributed by atoms with Crippen LogP contribution in [0, 0.1) is 12.7 Å². The van der Waals surface area contributed by atoms with E-state index in [1.54, 1.807) is 19.1 Å². The first-order chi connectivity index (χ1) is 9.36. The van der Waals surface area contributed by atoms with Crippen LogP contribution in [0.2, 0.25) is 19.6 Å². The Morgan fingerprint density at radius 3 is 2.20 bits per heavy atom. The molecule has 0 aliphatic carbocycles. The van der Waals surface area contributed by atoms with Crippen molar-refractivity contribution in [2.24, 2.45) is 0 Å². The van der Waals surface area contributed by atoms with Crippen LogP contribution in [0.4, 0.5) is 4.39 Å². The zero-order valence-corrected chi connectivity index (χ0v) is 13.5. The van der Waals surface area contributed by atoms with Crippen LogP contribution in [0.25, 0.3) is 0 Å². The molecule has 0 N–H and O–H groups in total. The van der Waals surface area contributed by atoms with E-state index in [4.69, 9.17) is 4.74 Å². The third-order valence-corrected chi connectivity index (χ3v) is 5.43. The van der Waals surface area contributed by atoms with Gasteiger partial charge in [-0.1, -0.05) is 55.2 Å². The zero-order chi connectivity index (χ0) is 14.8. The number of halogens is 1. The van der Waals surface area contributed by atoms with Crippen molar-refractivity contribution in [1.82, 2.24) is 0 Å². The van der Waals surface area contributed by atoms with Gasteiger partial charge in [0.05, 0.1) is 8.07 Å². The standard InChI is InChI=1S/C17H21FOSi/c1-13-5-8-15(11-17(13)18)19-12-14-6-9-16(10-7-14)20(2,3)4/h5-11H,12H2,1-4H3. The fourth-order valence-corrected chi connectivity index (χ4v) is 3.10. The third kappa shape index (κ3) is 3.70. The maximum Gasteiger partial charge on any atom is 0.129 e. The molecule has 0 heterocycles.